The van der Waals surface area contributed by atoms with Gasteiger partial charge in [-0.1, -0.05) is 12.1 Å². The van der Waals surface area contributed by atoms with Crippen molar-refractivity contribution < 1.29 is 24.2 Å². The minimum Gasteiger partial charge on any atom is -0.496 e. The summed E-state index contributed by atoms with van der Waals surface area (Å²) in [5, 5.41) is 21.2. The molecule has 0 N–H and O–H groups in total. The van der Waals surface area contributed by atoms with Gasteiger partial charge in [-0.25, -0.2) is 0 Å². The Morgan fingerprint density at radius 2 is 1.66 bits per heavy atom. The number of hydrogen-bond acceptors (Lipinski definition) is 8. The number of carbonyl (C=O) groups excluding carboxylic acids is 2. The van der Waals surface area contributed by atoms with Gasteiger partial charge in [-0.05, 0) is 29.5 Å². The molecule has 1 saturated heterocycles. The third-order valence-corrected chi connectivity index (χ3v) is 4.98. The average molecular weight is 415 g/mol. The second-order valence-electron chi connectivity index (χ2n) is 5.87. The number of methoxy groups -OCH3 is 1. The lowest BCUT2D eigenvalue weighted by atomic mass is 10.1. The number of nitro groups is 2. The summed E-state index contributed by atoms with van der Waals surface area (Å²) < 4.78 is 5.16. The summed E-state index contributed by atoms with van der Waals surface area (Å²) in [6, 6.07) is 9.45. The van der Waals surface area contributed by atoms with Crippen molar-refractivity contribution in [3.63, 3.8) is 0 Å². The van der Waals surface area contributed by atoms with Crippen molar-refractivity contribution in [1.29, 1.82) is 0 Å². The first-order valence-corrected chi connectivity index (χ1v) is 8.93. The lowest BCUT2D eigenvalue weighted by Crippen LogP contribution is -2.27. The molecular weight excluding hydrogens is 402 g/mol. The number of benzene rings is 2. The average Bonchev–Trinajstić information content (AvgIpc) is 2.95. The van der Waals surface area contributed by atoms with Crippen LogP contribution in [-0.2, 0) is 11.3 Å². The zero-order chi connectivity index (χ0) is 21.1. The molecule has 1 aliphatic rings. The van der Waals surface area contributed by atoms with Gasteiger partial charge in [0, 0.05) is 29.8 Å². The van der Waals surface area contributed by atoms with E-state index in [-0.39, 0.29) is 22.8 Å². The minimum atomic E-state index is -0.572. The van der Waals surface area contributed by atoms with Gasteiger partial charge in [0.25, 0.3) is 22.5 Å². The van der Waals surface area contributed by atoms with Crippen LogP contribution in [0.3, 0.4) is 0 Å². The van der Waals surface area contributed by atoms with Crippen LogP contribution in [0.25, 0.3) is 6.08 Å². The summed E-state index contributed by atoms with van der Waals surface area (Å²) in [6.07, 6.45) is 1.37. The molecule has 10 nitrogen and oxygen atoms in total. The molecule has 148 valence electrons. The molecule has 0 bridgehead atoms. The molecule has 0 spiro atoms. The quantitative estimate of drug-likeness (QED) is 0.396. The third-order valence-electron chi connectivity index (χ3n) is 4.07. The van der Waals surface area contributed by atoms with Crippen molar-refractivity contribution in [3.8, 4) is 5.75 Å². The van der Waals surface area contributed by atoms with Crippen LogP contribution in [0.5, 0.6) is 5.75 Å². The van der Waals surface area contributed by atoms with Crippen molar-refractivity contribution in [2.24, 2.45) is 0 Å². The minimum absolute atomic E-state index is 0.0495. The highest BCUT2D eigenvalue weighted by Gasteiger charge is 2.35. The molecule has 2 aromatic rings. The number of carbonyl (C=O) groups is 2. The molecule has 0 radical (unpaired) electrons. The van der Waals surface area contributed by atoms with E-state index in [9.17, 15) is 29.8 Å². The van der Waals surface area contributed by atoms with Crippen LogP contribution in [0.15, 0.2) is 47.4 Å². The number of non-ortho nitro benzene ring substituents is 2. The van der Waals surface area contributed by atoms with E-state index >= 15 is 0 Å². The topological polar surface area (TPSA) is 133 Å². The summed E-state index contributed by atoms with van der Waals surface area (Å²) in [5.74, 6) is -0.246. The molecule has 1 fully saturated rings. The Kier molecular flexibility index (Phi) is 5.59. The number of ether oxygens (including phenoxy) is 1. The summed E-state index contributed by atoms with van der Waals surface area (Å²) in [7, 11) is 1.39. The number of amides is 2. The maximum atomic E-state index is 12.7. The molecule has 1 aliphatic heterocycles. The summed E-state index contributed by atoms with van der Waals surface area (Å²) in [5.41, 5.74) is 0.567. The Balaban J connectivity index is 1.86. The Bertz CT molecular complexity index is 1050. The largest absolute Gasteiger partial charge is 0.496 e. The fourth-order valence-electron chi connectivity index (χ4n) is 2.63. The van der Waals surface area contributed by atoms with E-state index in [2.05, 4.69) is 0 Å². The molecule has 0 saturated carbocycles. The monoisotopic (exact) mass is 415 g/mol. The Morgan fingerprint density at radius 1 is 1.03 bits per heavy atom. The highest BCUT2D eigenvalue weighted by molar-refractivity contribution is 8.18. The number of imide groups is 1. The van der Waals surface area contributed by atoms with Gasteiger partial charge in [0.15, 0.2) is 0 Å². The van der Waals surface area contributed by atoms with Crippen LogP contribution in [0.1, 0.15) is 11.1 Å². The van der Waals surface area contributed by atoms with Gasteiger partial charge in [-0.3, -0.25) is 34.7 Å². The smallest absolute Gasteiger partial charge is 0.293 e. The van der Waals surface area contributed by atoms with Crippen LogP contribution in [-0.4, -0.2) is 33.0 Å². The zero-order valence-corrected chi connectivity index (χ0v) is 15.8. The van der Waals surface area contributed by atoms with E-state index in [1.54, 1.807) is 0 Å². The Hall–Kier alpha value is -3.73. The lowest BCUT2D eigenvalue weighted by molar-refractivity contribution is -0.385. The number of nitro benzene ring substituents is 2. The molecule has 11 heteroatoms. The lowest BCUT2D eigenvalue weighted by Gasteiger charge is -2.12. The van der Waals surface area contributed by atoms with E-state index in [4.69, 9.17) is 4.74 Å². The van der Waals surface area contributed by atoms with E-state index in [0.717, 1.165) is 4.90 Å². The van der Waals surface area contributed by atoms with Crippen LogP contribution < -0.4 is 4.74 Å². The first kappa shape index (κ1) is 20.0. The van der Waals surface area contributed by atoms with Crippen molar-refractivity contribution >= 4 is 40.4 Å². The van der Waals surface area contributed by atoms with Crippen molar-refractivity contribution in [1.82, 2.24) is 4.90 Å². The summed E-state index contributed by atoms with van der Waals surface area (Å²) in [4.78, 5) is 46.6. The van der Waals surface area contributed by atoms with Crippen molar-refractivity contribution in [2.45, 2.75) is 6.54 Å². The molecule has 0 atom stereocenters. The molecule has 1 heterocycles. The molecule has 0 unspecified atom stereocenters. The van der Waals surface area contributed by atoms with Crippen LogP contribution in [0.2, 0.25) is 0 Å². The molecule has 0 aliphatic carbocycles. The maximum Gasteiger partial charge on any atom is 0.293 e. The Morgan fingerprint density at radius 3 is 2.24 bits per heavy atom. The van der Waals surface area contributed by atoms with Gasteiger partial charge in [-0.2, -0.15) is 0 Å². The predicted molar refractivity (Wildman–Crippen MR) is 104 cm³/mol. The molecule has 3 rings (SSSR count). The van der Waals surface area contributed by atoms with Gasteiger partial charge < -0.3 is 4.74 Å². The van der Waals surface area contributed by atoms with Gasteiger partial charge in [-0.15, -0.1) is 0 Å². The second-order valence-corrected chi connectivity index (χ2v) is 6.87. The van der Waals surface area contributed by atoms with Gasteiger partial charge in [0.1, 0.15) is 5.75 Å². The first-order valence-electron chi connectivity index (χ1n) is 8.11. The zero-order valence-electron chi connectivity index (χ0n) is 14.9. The predicted octanol–water partition coefficient (Wildman–Crippen LogP) is 3.75. The first-order chi connectivity index (χ1) is 13.8. The van der Waals surface area contributed by atoms with E-state index in [1.165, 1.54) is 55.7 Å². The van der Waals surface area contributed by atoms with Crippen molar-refractivity contribution in [3.05, 3.63) is 78.7 Å². The van der Waals surface area contributed by atoms with E-state index in [1.807, 2.05) is 0 Å². The normalized spacial score (nSPS) is 15.1. The fraction of sp³-hybridized carbons (Fsp3) is 0.111. The van der Waals surface area contributed by atoms with Crippen molar-refractivity contribution in [2.75, 3.05) is 7.11 Å². The molecule has 2 amide bonds. The van der Waals surface area contributed by atoms with Crippen LogP contribution in [0.4, 0.5) is 16.2 Å². The highest BCUT2D eigenvalue weighted by atomic mass is 32.2. The molecule has 2 aromatic carbocycles. The maximum absolute atomic E-state index is 12.7. The van der Waals surface area contributed by atoms with Gasteiger partial charge in [0.2, 0.25) is 0 Å². The third kappa shape index (κ3) is 4.24. The highest BCUT2D eigenvalue weighted by Crippen LogP contribution is 2.35. The fourth-order valence-corrected chi connectivity index (χ4v) is 3.46. The number of nitrogens with zero attached hydrogens (tertiary/aromatic N) is 3. The summed E-state index contributed by atoms with van der Waals surface area (Å²) >= 11 is 0.702. The van der Waals surface area contributed by atoms with E-state index < -0.39 is 21.0 Å². The second kappa shape index (κ2) is 8.10. The molecule has 0 aromatic heterocycles. The van der Waals surface area contributed by atoms with Crippen LogP contribution in [0, 0.1) is 20.2 Å². The Labute approximate surface area is 168 Å². The van der Waals surface area contributed by atoms with Gasteiger partial charge >= 0.3 is 0 Å². The SMILES string of the molecule is COc1ccc([N+](=O)[O-])cc1C=C1SC(=O)N(Cc2ccc([N+](=O)[O-])cc2)C1=O. The number of thioether (sulfide) groups is 1. The summed E-state index contributed by atoms with van der Waals surface area (Å²) in [6.45, 7) is -0.0495. The standard InChI is InChI=1S/C18H13N3O7S/c1-28-15-7-6-14(21(26)27)8-12(15)9-16-17(22)19(18(23)29-16)10-11-2-4-13(5-3-11)20(24)25/h2-9H,10H2,1H3. The number of hydrogen-bond donors (Lipinski definition) is 0. The molecular formula is C18H13N3O7S. The van der Waals surface area contributed by atoms with Gasteiger partial charge in [0.05, 0.1) is 28.4 Å². The van der Waals surface area contributed by atoms with Crippen LogP contribution >= 0.6 is 11.8 Å². The van der Waals surface area contributed by atoms with E-state index in [0.29, 0.717) is 28.6 Å². The molecule has 29 heavy (non-hydrogen) atoms. The number of rotatable bonds is 6.